The third kappa shape index (κ3) is 7.31. The highest BCUT2D eigenvalue weighted by atomic mass is 16.8. The second-order valence-corrected chi connectivity index (χ2v) is 12.6. The molecule has 3 N–H and O–H groups in total. The van der Waals surface area contributed by atoms with E-state index in [0.717, 1.165) is 92.2 Å². The van der Waals surface area contributed by atoms with E-state index in [1.807, 2.05) is 36.5 Å². The van der Waals surface area contributed by atoms with Crippen LogP contribution in [0.25, 0.3) is 16.9 Å². The number of carbonyl (C=O) groups excluding carboxylic acids is 1. The zero-order valence-electron chi connectivity index (χ0n) is 26.3. The van der Waals surface area contributed by atoms with Crippen molar-refractivity contribution in [1.29, 1.82) is 0 Å². The standard InChI is InChI=1S/C34H42N8O4/c1-23(43)19-27-5-4-6-30(36-27)42-29(24-8-9-24)20-25-21-35-34(38-33(25)42)37-26-10-12-28(13-11-26)41-16-14-40(15-17-41)22-31(44)39-46-32-7-2-3-18-45-32/h4-6,10-13,20-21,23-24,32,43H,2-3,7-9,14-19,22H2,1H3,(H,39,44)(H,35,37,38). The van der Waals surface area contributed by atoms with Crippen molar-refractivity contribution in [1.82, 2.24) is 29.9 Å². The molecule has 3 aromatic heterocycles. The smallest absolute Gasteiger partial charge is 0.257 e. The van der Waals surface area contributed by atoms with E-state index in [9.17, 15) is 9.90 Å². The number of piperazine rings is 1. The number of benzene rings is 1. The first-order chi connectivity index (χ1) is 22.5. The minimum absolute atomic E-state index is 0.143. The Morgan fingerprint density at radius 1 is 1.07 bits per heavy atom. The minimum atomic E-state index is -0.457. The number of hydrogen-bond donors (Lipinski definition) is 3. The van der Waals surface area contributed by atoms with Crippen molar-refractivity contribution < 1.29 is 19.5 Å². The number of nitrogens with one attached hydrogen (secondary N) is 2. The molecule has 1 aliphatic carbocycles. The van der Waals surface area contributed by atoms with Crippen LogP contribution < -0.4 is 15.7 Å². The summed E-state index contributed by atoms with van der Waals surface area (Å²) in [6.07, 6.45) is 6.80. The Morgan fingerprint density at radius 3 is 2.63 bits per heavy atom. The number of carbonyl (C=O) groups is 1. The molecule has 1 amide bonds. The quantitative estimate of drug-likeness (QED) is 0.210. The molecule has 2 saturated heterocycles. The molecule has 2 unspecified atom stereocenters. The van der Waals surface area contributed by atoms with Crippen LogP contribution in [-0.2, 0) is 20.8 Å². The van der Waals surface area contributed by atoms with E-state index >= 15 is 0 Å². The molecule has 12 heteroatoms. The van der Waals surface area contributed by atoms with Crippen molar-refractivity contribution in [3.05, 3.63) is 66.1 Å². The van der Waals surface area contributed by atoms with Gasteiger partial charge in [0.15, 0.2) is 11.9 Å². The third-order valence-corrected chi connectivity index (χ3v) is 8.76. The van der Waals surface area contributed by atoms with Crippen molar-refractivity contribution in [2.45, 2.75) is 63.8 Å². The van der Waals surface area contributed by atoms with Crippen LogP contribution in [0, 0.1) is 0 Å². The average molecular weight is 627 g/mol. The fraction of sp³-hybridized carbons (Fsp3) is 0.471. The van der Waals surface area contributed by atoms with Gasteiger partial charge in [-0.15, -0.1) is 0 Å². The van der Waals surface area contributed by atoms with Gasteiger partial charge in [0.25, 0.3) is 5.91 Å². The zero-order chi connectivity index (χ0) is 31.5. The van der Waals surface area contributed by atoms with Gasteiger partial charge in [-0.1, -0.05) is 6.07 Å². The van der Waals surface area contributed by atoms with Crippen LogP contribution >= 0.6 is 0 Å². The molecule has 0 radical (unpaired) electrons. The molecule has 0 bridgehead atoms. The lowest BCUT2D eigenvalue weighted by Crippen LogP contribution is -2.49. The molecule has 2 atom stereocenters. The molecule has 3 aliphatic rings. The molecule has 4 aromatic rings. The summed E-state index contributed by atoms with van der Waals surface area (Å²) in [6.45, 7) is 6.02. The number of pyridine rings is 1. The molecule has 12 nitrogen and oxygen atoms in total. The van der Waals surface area contributed by atoms with Crippen LogP contribution in [0.1, 0.15) is 56.3 Å². The number of rotatable bonds is 11. The van der Waals surface area contributed by atoms with E-state index < -0.39 is 6.10 Å². The average Bonchev–Trinajstić information content (AvgIpc) is 3.85. The van der Waals surface area contributed by atoms with Gasteiger partial charge in [0, 0.05) is 80.0 Å². The molecule has 46 heavy (non-hydrogen) atoms. The summed E-state index contributed by atoms with van der Waals surface area (Å²) in [7, 11) is 0. The van der Waals surface area contributed by atoms with Gasteiger partial charge in [-0.25, -0.2) is 20.3 Å². The van der Waals surface area contributed by atoms with Crippen molar-refractivity contribution in [2.24, 2.45) is 0 Å². The van der Waals surface area contributed by atoms with Gasteiger partial charge in [0.1, 0.15) is 5.82 Å². The fourth-order valence-electron chi connectivity index (χ4n) is 6.22. The Balaban J connectivity index is 0.977. The lowest BCUT2D eigenvalue weighted by molar-refractivity contribution is -0.200. The molecule has 7 rings (SSSR count). The molecule has 2 aliphatic heterocycles. The van der Waals surface area contributed by atoms with Crippen LogP contribution in [0.2, 0.25) is 0 Å². The molecular formula is C34H42N8O4. The van der Waals surface area contributed by atoms with E-state index in [4.69, 9.17) is 19.5 Å². The molecule has 5 heterocycles. The normalized spacial score (nSPS) is 19.7. The van der Waals surface area contributed by atoms with Crippen LogP contribution in [0.15, 0.2) is 54.7 Å². The molecule has 1 aromatic carbocycles. The van der Waals surface area contributed by atoms with E-state index in [1.165, 1.54) is 5.69 Å². The number of nitrogens with zero attached hydrogens (tertiary/aromatic N) is 6. The summed E-state index contributed by atoms with van der Waals surface area (Å²) < 4.78 is 7.66. The second-order valence-electron chi connectivity index (χ2n) is 12.6. The lowest BCUT2D eigenvalue weighted by atomic mass is 10.2. The first-order valence-corrected chi connectivity index (χ1v) is 16.4. The molecular weight excluding hydrogens is 584 g/mol. The summed E-state index contributed by atoms with van der Waals surface area (Å²) in [5.41, 5.74) is 7.47. The number of ether oxygens (including phenoxy) is 1. The van der Waals surface area contributed by atoms with Gasteiger partial charge in [-0.05, 0) is 81.0 Å². The number of anilines is 3. The summed E-state index contributed by atoms with van der Waals surface area (Å²) in [4.78, 5) is 36.7. The number of hydroxylamine groups is 1. The van der Waals surface area contributed by atoms with Gasteiger partial charge in [-0.3, -0.25) is 14.3 Å². The molecule has 0 spiro atoms. The number of hydrogen-bond acceptors (Lipinski definition) is 10. The van der Waals surface area contributed by atoms with Crippen LogP contribution in [0.3, 0.4) is 0 Å². The number of amides is 1. The molecule has 1 saturated carbocycles. The Bertz CT molecular complexity index is 1640. The SMILES string of the molecule is CC(O)Cc1cccc(-n2c(C3CC3)cc3cnc(Nc4ccc(N5CCN(CC(=O)NOC6CCCCO6)CC5)cc4)nc32)n1. The monoisotopic (exact) mass is 626 g/mol. The van der Waals surface area contributed by atoms with Gasteiger partial charge < -0.3 is 20.1 Å². The largest absolute Gasteiger partial charge is 0.393 e. The van der Waals surface area contributed by atoms with Gasteiger partial charge in [-0.2, -0.15) is 4.98 Å². The van der Waals surface area contributed by atoms with Gasteiger partial charge >= 0.3 is 0 Å². The maximum Gasteiger partial charge on any atom is 0.257 e. The van der Waals surface area contributed by atoms with E-state index in [-0.39, 0.29) is 12.2 Å². The number of aromatic nitrogens is 4. The lowest BCUT2D eigenvalue weighted by Gasteiger charge is -2.35. The van der Waals surface area contributed by atoms with Crippen LogP contribution in [-0.4, -0.2) is 87.2 Å². The van der Waals surface area contributed by atoms with E-state index in [2.05, 4.69) is 48.3 Å². The first-order valence-electron chi connectivity index (χ1n) is 16.4. The van der Waals surface area contributed by atoms with Crippen molar-refractivity contribution in [3.8, 4) is 5.82 Å². The number of fused-ring (bicyclic) bond motifs is 1. The summed E-state index contributed by atoms with van der Waals surface area (Å²) in [6, 6.07) is 16.4. The first kappa shape index (κ1) is 30.5. The minimum Gasteiger partial charge on any atom is -0.393 e. The van der Waals surface area contributed by atoms with Gasteiger partial charge in [0.05, 0.1) is 12.6 Å². The molecule has 242 valence electrons. The van der Waals surface area contributed by atoms with Crippen LogP contribution in [0.5, 0.6) is 0 Å². The highest BCUT2D eigenvalue weighted by molar-refractivity contribution is 5.80. The fourth-order valence-corrected chi connectivity index (χ4v) is 6.22. The molecule has 3 fully saturated rings. The zero-order valence-corrected chi connectivity index (χ0v) is 26.3. The third-order valence-electron chi connectivity index (χ3n) is 8.76. The van der Waals surface area contributed by atoms with E-state index in [0.29, 0.717) is 31.4 Å². The Labute approximate surface area is 268 Å². The summed E-state index contributed by atoms with van der Waals surface area (Å²) in [5.74, 6) is 1.69. The Kier molecular flexibility index (Phi) is 9.11. The highest BCUT2D eigenvalue weighted by Gasteiger charge is 2.29. The number of aliphatic hydroxyl groups excluding tert-OH is 1. The van der Waals surface area contributed by atoms with Crippen LogP contribution in [0.4, 0.5) is 17.3 Å². The maximum atomic E-state index is 12.4. The van der Waals surface area contributed by atoms with Gasteiger partial charge in [0.2, 0.25) is 5.95 Å². The predicted octanol–water partition coefficient (Wildman–Crippen LogP) is 4.06. The van der Waals surface area contributed by atoms with Crippen molar-refractivity contribution in [3.63, 3.8) is 0 Å². The van der Waals surface area contributed by atoms with Crippen molar-refractivity contribution >= 4 is 34.3 Å². The maximum absolute atomic E-state index is 12.4. The Morgan fingerprint density at radius 2 is 1.89 bits per heavy atom. The summed E-state index contributed by atoms with van der Waals surface area (Å²) >= 11 is 0. The van der Waals surface area contributed by atoms with E-state index in [1.54, 1.807) is 6.92 Å². The topological polar surface area (TPSA) is 130 Å². The highest BCUT2D eigenvalue weighted by Crippen LogP contribution is 2.43. The predicted molar refractivity (Wildman–Crippen MR) is 175 cm³/mol. The second kappa shape index (κ2) is 13.7. The Hall–Kier alpha value is -4.10. The van der Waals surface area contributed by atoms with Crippen molar-refractivity contribution in [2.75, 3.05) is 49.5 Å². The number of aliphatic hydroxyl groups is 1. The summed E-state index contributed by atoms with van der Waals surface area (Å²) in [5, 5.41) is 14.3.